The van der Waals surface area contributed by atoms with Crippen molar-refractivity contribution < 1.29 is 39.0 Å². The fourth-order valence-corrected chi connectivity index (χ4v) is 9.52. The molecule has 1 aromatic heterocycles. The van der Waals surface area contributed by atoms with E-state index in [1.54, 1.807) is 45.4 Å². The van der Waals surface area contributed by atoms with Crippen LogP contribution in [0.3, 0.4) is 0 Å². The largest absolute Gasteiger partial charge is 0.507 e. The summed E-state index contributed by atoms with van der Waals surface area (Å²) in [5.41, 5.74) is 1.60. The summed E-state index contributed by atoms with van der Waals surface area (Å²) in [5.74, 6) is -9.71. The Morgan fingerprint density at radius 2 is 1.78 bits per heavy atom. The third-order valence-corrected chi connectivity index (χ3v) is 11.7. The molecule has 0 bridgehead atoms. The number of aromatic nitrogens is 1. The highest BCUT2D eigenvalue weighted by molar-refractivity contribution is 6.33. The Hall–Kier alpha value is -4.33. The van der Waals surface area contributed by atoms with Gasteiger partial charge in [-0.25, -0.2) is 0 Å². The van der Waals surface area contributed by atoms with E-state index < -0.39 is 69.3 Å². The van der Waals surface area contributed by atoms with Crippen LogP contribution in [0.2, 0.25) is 0 Å². The molecular weight excluding hydrogens is 642 g/mol. The number of carbonyl (C=O) groups excluding carboxylic acids is 6. The molecule has 6 rings (SSSR count). The van der Waals surface area contributed by atoms with Gasteiger partial charge in [-0.15, -0.1) is 0 Å². The number of piperidine rings is 1. The van der Waals surface area contributed by atoms with E-state index >= 15 is 0 Å². The topological polar surface area (TPSA) is 200 Å². The fourth-order valence-electron chi connectivity index (χ4n) is 9.52. The van der Waals surface area contributed by atoms with Crippen LogP contribution in [0.5, 0.6) is 5.75 Å². The molecule has 13 nitrogen and oxygen atoms in total. The minimum absolute atomic E-state index is 0.0789. The van der Waals surface area contributed by atoms with Crippen molar-refractivity contribution >= 4 is 34.9 Å². The van der Waals surface area contributed by atoms with E-state index in [2.05, 4.69) is 15.2 Å². The molecule has 1 saturated heterocycles. The molecule has 1 aliphatic heterocycles. The molecular formula is C37H45N5O8. The Kier molecular flexibility index (Phi) is 9.07. The van der Waals surface area contributed by atoms with Gasteiger partial charge in [-0.2, -0.15) is 0 Å². The van der Waals surface area contributed by atoms with E-state index in [4.69, 9.17) is 5.73 Å². The summed E-state index contributed by atoms with van der Waals surface area (Å²) in [5, 5.41) is 26.8. The number of likely N-dealkylation sites (N-methyl/N-ethyl adjacent to an activating group) is 1. The van der Waals surface area contributed by atoms with Crippen molar-refractivity contribution in [2.24, 2.45) is 28.4 Å². The van der Waals surface area contributed by atoms with Crippen molar-refractivity contribution in [3.63, 3.8) is 0 Å². The van der Waals surface area contributed by atoms with Crippen LogP contribution in [0.15, 0.2) is 30.6 Å². The highest BCUT2D eigenvalue weighted by Crippen LogP contribution is 2.62. The number of nitrogens with zero attached hydrogens (tertiary/aromatic N) is 3. The first kappa shape index (κ1) is 35.5. The fraction of sp³-hybridized carbons (Fsp3) is 0.541. The smallest absolute Gasteiger partial charge is 0.253 e. The number of nitrogens with two attached hydrogens (primary N) is 1. The average molecular weight is 688 g/mol. The molecule has 13 heteroatoms. The van der Waals surface area contributed by atoms with Crippen molar-refractivity contribution in [1.82, 2.24) is 20.1 Å². The van der Waals surface area contributed by atoms with Crippen LogP contribution in [0.25, 0.3) is 0 Å². The normalized spacial score (nSPS) is 31.2. The molecule has 1 aromatic carbocycles. The zero-order valence-corrected chi connectivity index (χ0v) is 29.0. The number of amides is 2. The van der Waals surface area contributed by atoms with Crippen LogP contribution in [0.1, 0.15) is 76.9 Å². The highest BCUT2D eigenvalue weighted by atomic mass is 16.3. The molecule has 0 radical (unpaired) electrons. The lowest BCUT2D eigenvalue weighted by atomic mass is 9.42. The van der Waals surface area contributed by atoms with Crippen LogP contribution < -0.4 is 11.1 Å². The number of phenols is 1. The number of nitrogens with one attached hydrogen (secondary N) is 1. The van der Waals surface area contributed by atoms with E-state index in [9.17, 15) is 39.0 Å². The maximum absolute atomic E-state index is 14.7. The summed E-state index contributed by atoms with van der Waals surface area (Å²) < 4.78 is 0. The molecule has 6 atom stereocenters. The molecule has 2 heterocycles. The van der Waals surface area contributed by atoms with E-state index in [0.29, 0.717) is 24.1 Å². The maximum Gasteiger partial charge on any atom is 0.253 e. The lowest BCUT2D eigenvalue weighted by Gasteiger charge is -2.61. The van der Waals surface area contributed by atoms with Crippen LogP contribution >= 0.6 is 0 Å². The van der Waals surface area contributed by atoms with Crippen molar-refractivity contribution in [1.29, 1.82) is 0 Å². The molecule has 3 fully saturated rings. The number of hydrogen-bond acceptors (Lipinski definition) is 11. The van der Waals surface area contributed by atoms with Gasteiger partial charge in [0.05, 0.1) is 23.1 Å². The number of rotatable bonds is 8. The molecule has 2 amide bonds. The monoisotopic (exact) mass is 687 g/mol. The van der Waals surface area contributed by atoms with Crippen molar-refractivity contribution in [2.45, 2.75) is 70.6 Å². The number of benzene rings is 1. The Balaban J connectivity index is 1.45. The lowest BCUT2D eigenvalue weighted by molar-refractivity contribution is -0.203. The first-order chi connectivity index (χ1) is 23.6. The number of Topliss-reactive ketones (excluding diaryl/α,β-unsaturated/α-hetero) is 4. The molecule has 0 spiro atoms. The van der Waals surface area contributed by atoms with Gasteiger partial charge in [0.1, 0.15) is 5.75 Å². The predicted molar refractivity (Wildman–Crippen MR) is 180 cm³/mol. The van der Waals surface area contributed by atoms with Gasteiger partial charge < -0.3 is 26.2 Å². The van der Waals surface area contributed by atoms with E-state index in [1.807, 2.05) is 0 Å². The summed E-state index contributed by atoms with van der Waals surface area (Å²) in [7, 11) is 3.13. The van der Waals surface area contributed by atoms with Crippen LogP contribution in [-0.4, -0.2) is 105 Å². The zero-order chi connectivity index (χ0) is 36.3. The maximum atomic E-state index is 14.7. The number of ketones is 4. The highest BCUT2D eigenvalue weighted by Gasteiger charge is 2.76. The molecule has 2 aromatic rings. The molecule has 3 aliphatic carbocycles. The number of fused-ring (bicyclic) bond motifs is 3. The Morgan fingerprint density at radius 3 is 2.40 bits per heavy atom. The quantitative estimate of drug-likeness (QED) is 0.289. The summed E-state index contributed by atoms with van der Waals surface area (Å²) >= 11 is 0. The van der Waals surface area contributed by atoms with Crippen LogP contribution in [-0.2, 0) is 38.6 Å². The van der Waals surface area contributed by atoms with Crippen LogP contribution in [0, 0.1) is 22.7 Å². The Labute approximate surface area is 290 Å². The lowest BCUT2D eigenvalue weighted by Crippen LogP contribution is -2.79. The van der Waals surface area contributed by atoms with Crippen molar-refractivity contribution in [3.05, 3.63) is 58.4 Å². The molecule has 2 unspecified atom stereocenters. The van der Waals surface area contributed by atoms with E-state index in [0.717, 1.165) is 31.5 Å². The minimum Gasteiger partial charge on any atom is -0.507 e. The van der Waals surface area contributed by atoms with Gasteiger partial charge in [-0.05, 0) is 94.0 Å². The van der Waals surface area contributed by atoms with E-state index in [-0.39, 0.29) is 36.3 Å². The third-order valence-electron chi connectivity index (χ3n) is 11.7. The van der Waals surface area contributed by atoms with Crippen LogP contribution in [0.4, 0.5) is 0 Å². The standard InChI is InChI=1S/C37H45N5O8/c1-35-16-23-20(10-14-42-12-6-5-7-13-42)15-22(18-40-34(49)21-9-8-11-39-17-21)27(43)24(23)28(44)26(35)32(47)37(50)31(46)25(33(38)48)29(45)30(41(3)4)36(37,2)19-35/h8-9,11,15,17,25-26,30,43,50H,5-7,10,12-14,16,18-19H2,1-4H3,(H2,38,48)(H,40,49)/t25?,26?,30-,35+,36+,37-/m1/s1. The average Bonchev–Trinajstić information content (AvgIpc) is 3.06. The van der Waals surface area contributed by atoms with Gasteiger partial charge in [-0.1, -0.05) is 20.3 Å². The van der Waals surface area contributed by atoms with Crippen molar-refractivity contribution in [3.8, 4) is 5.75 Å². The van der Waals surface area contributed by atoms with Crippen molar-refractivity contribution in [2.75, 3.05) is 33.7 Å². The van der Waals surface area contributed by atoms with Gasteiger partial charge in [0.2, 0.25) is 5.91 Å². The number of primary amides is 1. The molecule has 4 aliphatic rings. The summed E-state index contributed by atoms with van der Waals surface area (Å²) in [4.78, 5) is 90.1. The Morgan fingerprint density at radius 1 is 1.08 bits per heavy atom. The van der Waals surface area contributed by atoms with Gasteiger partial charge >= 0.3 is 0 Å². The zero-order valence-electron chi connectivity index (χ0n) is 29.0. The number of likely N-dealkylation sites (tertiary alicyclic amines) is 1. The minimum atomic E-state index is -2.88. The number of aliphatic hydroxyl groups is 1. The Bertz CT molecular complexity index is 1790. The van der Waals surface area contributed by atoms with Gasteiger partial charge in [-0.3, -0.25) is 38.7 Å². The van der Waals surface area contributed by atoms with Gasteiger partial charge in [0.15, 0.2) is 34.7 Å². The summed E-state index contributed by atoms with van der Waals surface area (Å²) in [6.45, 7) is 5.70. The molecule has 2 saturated carbocycles. The number of phenolic OH excluding ortho intramolecular Hbond substituents is 1. The summed E-state index contributed by atoms with van der Waals surface area (Å²) in [6.07, 6.45) is 6.88. The van der Waals surface area contributed by atoms with Gasteiger partial charge in [0, 0.05) is 36.5 Å². The number of carbonyl (C=O) groups is 6. The second-order valence-electron chi connectivity index (χ2n) is 15.2. The van der Waals surface area contributed by atoms with Gasteiger partial charge in [0.25, 0.3) is 5.91 Å². The molecule has 5 N–H and O–H groups in total. The second-order valence-corrected chi connectivity index (χ2v) is 15.2. The predicted octanol–water partition coefficient (Wildman–Crippen LogP) is 1.00. The first-order valence-electron chi connectivity index (χ1n) is 17.2. The van der Waals surface area contributed by atoms with E-state index in [1.165, 1.54) is 24.4 Å². The number of aromatic hydroxyl groups is 1. The SMILES string of the molecule is CN(C)[C@@H]1C(=O)C(C(N)=O)C(=O)[C@@]2(O)C(=O)C3C(=O)c4c(O)c(CNC(=O)c5cccnc5)cc(CCN5CCCCC5)c4C[C@@]3(C)C[C@@]12C. The summed E-state index contributed by atoms with van der Waals surface area (Å²) in [6, 6.07) is 3.79. The third kappa shape index (κ3) is 5.37. The number of hydrogen-bond donors (Lipinski definition) is 4. The number of pyridine rings is 1. The molecule has 50 heavy (non-hydrogen) atoms. The molecule has 266 valence electrons. The second kappa shape index (κ2) is 12.8. The first-order valence-corrected chi connectivity index (χ1v) is 17.2.